The van der Waals surface area contributed by atoms with Gasteiger partial charge in [0.05, 0.1) is 12.6 Å². The number of aliphatic hydroxyl groups excluding tert-OH is 1. The van der Waals surface area contributed by atoms with Gasteiger partial charge in [0.1, 0.15) is 30.2 Å². The van der Waals surface area contributed by atoms with Crippen molar-refractivity contribution in [1.29, 1.82) is 0 Å². The molecule has 15 heteroatoms. The van der Waals surface area contributed by atoms with E-state index in [4.69, 9.17) is 5.73 Å². The van der Waals surface area contributed by atoms with Crippen LogP contribution in [0.25, 0.3) is 21.7 Å². The number of hydrogen-bond acceptors (Lipinski definition) is 8. The summed E-state index contributed by atoms with van der Waals surface area (Å²) in [6.07, 6.45) is 0.975. The van der Waals surface area contributed by atoms with Crippen LogP contribution in [-0.2, 0) is 61.1 Å². The lowest BCUT2D eigenvalue weighted by Crippen LogP contribution is -2.69. The first-order valence-corrected chi connectivity index (χ1v) is 25.2. The van der Waals surface area contributed by atoms with Crippen molar-refractivity contribution in [2.75, 3.05) is 19.6 Å². The zero-order chi connectivity index (χ0) is 52.0. The number of aromatic nitrogens is 1. The maximum atomic E-state index is 16.0. The van der Waals surface area contributed by atoms with E-state index in [2.05, 4.69) is 26.3 Å². The molecule has 0 aliphatic carbocycles. The minimum absolute atomic E-state index is 0.0166. The Morgan fingerprint density at radius 2 is 1.18 bits per heavy atom. The number of aliphatic hydroxyl groups is 1. The first-order chi connectivity index (χ1) is 35.9. The summed E-state index contributed by atoms with van der Waals surface area (Å²) in [5, 5.41) is 26.4. The highest BCUT2D eigenvalue weighted by Gasteiger charge is 2.49. The van der Waals surface area contributed by atoms with Crippen molar-refractivity contribution < 1.29 is 33.9 Å². The summed E-state index contributed by atoms with van der Waals surface area (Å²) in [6.45, 7) is 0.437. The summed E-state index contributed by atoms with van der Waals surface area (Å²) in [4.78, 5) is 96.8. The number of nitrogens with zero attached hydrogens (tertiary/aromatic N) is 2. The molecule has 0 unspecified atom stereocenters. The molecule has 1 fully saturated rings. The standard InChI is InChI=1S/C59H64N8O7/c1-40(68)59(34-42-20-7-3-8-21-42)58(74)67(37-45-26-17-25-44-24-11-12-27-47(44)45)39-54(70)66(36-43-22-9-4-10-23-43)38-53(69)62-51(32-41-18-5-2-6-19-41)55(71)64-52(33-46-35-61-49-29-14-13-28-48(46)49)56(72)63-50(57(73)65-59)30-15-16-31-60/h2-14,17-29,35,40,50-52,61,68H,15-16,30-34,36-39,60H2,1H3,(H,62,69)(H,63,72)(H,64,71)(H,65,73)/t40-,50+,51+,52-,59+/m1/s1. The monoisotopic (exact) mass is 996 g/mol. The summed E-state index contributed by atoms with van der Waals surface area (Å²) in [7, 11) is 0. The highest BCUT2D eigenvalue weighted by Crippen LogP contribution is 2.27. The second kappa shape index (κ2) is 24.5. The van der Waals surface area contributed by atoms with Crippen molar-refractivity contribution in [3.8, 4) is 0 Å². The Balaban J connectivity index is 1.27. The van der Waals surface area contributed by atoms with Crippen LogP contribution >= 0.6 is 0 Å². The molecule has 5 atom stereocenters. The van der Waals surface area contributed by atoms with Crippen LogP contribution in [0.15, 0.2) is 164 Å². The number of H-pyrrole nitrogens is 1. The SMILES string of the molecule is C[C@@H](O)[C@]1(Cc2ccccc2)NC(=O)[C@H](CCCCN)NC(=O)[C@@H](Cc2c[nH]c3ccccc23)NC(=O)[C@H](Cc2ccccc2)NC(=O)CN(Cc2ccccc2)C(=O)CN(Cc2cccc3ccccc23)C1=O. The van der Waals surface area contributed by atoms with E-state index in [1.54, 1.807) is 30.5 Å². The Hall–Kier alpha value is -8.14. The predicted octanol–water partition coefficient (Wildman–Crippen LogP) is 5.24. The molecule has 1 aliphatic rings. The number of benzene rings is 6. The molecule has 382 valence electrons. The Morgan fingerprint density at radius 3 is 1.86 bits per heavy atom. The maximum Gasteiger partial charge on any atom is 0.252 e. The van der Waals surface area contributed by atoms with Gasteiger partial charge < -0.3 is 46.9 Å². The first kappa shape index (κ1) is 52.2. The van der Waals surface area contributed by atoms with Crippen LogP contribution in [0.4, 0.5) is 0 Å². The fourth-order valence-corrected chi connectivity index (χ4v) is 9.75. The Bertz CT molecular complexity index is 3050. The van der Waals surface area contributed by atoms with Crippen molar-refractivity contribution in [1.82, 2.24) is 36.1 Å². The molecule has 0 spiro atoms. The number of nitrogens with one attached hydrogen (secondary N) is 5. The number of aromatic amines is 1. The second-order valence-corrected chi connectivity index (χ2v) is 19.1. The van der Waals surface area contributed by atoms with Crippen molar-refractivity contribution in [3.05, 3.63) is 192 Å². The van der Waals surface area contributed by atoms with Crippen molar-refractivity contribution in [3.63, 3.8) is 0 Å². The van der Waals surface area contributed by atoms with E-state index in [1.807, 2.05) is 133 Å². The number of carbonyl (C=O) groups excluding carboxylic acids is 6. The minimum atomic E-state index is -2.13. The molecule has 15 nitrogen and oxygen atoms in total. The van der Waals surface area contributed by atoms with Gasteiger partial charge in [-0.25, -0.2) is 0 Å². The number of rotatable bonds is 15. The van der Waals surface area contributed by atoms with Crippen LogP contribution in [0.3, 0.4) is 0 Å². The first-order valence-electron chi connectivity index (χ1n) is 25.2. The fraction of sp³-hybridized carbons (Fsp3) is 0.288. The van der Waals surface area contributed by atoms with Gasteiger partial charge in [0, 0.05) is 49.5 Å². The fourth-order valence-electron chi connectivity index (χ4n) is 9.75. The Labute approximate surface area is 430 Å². The number of amides is 6. The van der Waals surface area contributed by atoms with Gasteiger partial charge in [-0.15, -0.1) is 0 Å². The van der Waals surface area contributed by atoms with E-state index in [9.17, 15) is 14.7 Å². The van der Waals surface area contributed by atoms with Crippen molar-refractivity contribution >= 4 is 57.1 Å². The topological polar surface area (TPSA) is 219 Å². The number of carbonyl (C=O) groups is 6. The van der Waals surface area contributed by atoms with Crippen LogP contribution in [0.1, 0.15) is 54.0 Å². The van der Waals surface area contributed by atoms with E-state index in [-0.39, 0.29) is 38.8 Å². The average molecular weight is 997 g/mol. The van der Waals surface area contributed by atoms with E-state index in [0.29, 0.717) is 41.6 Å². The number of unbranched alkanes of at least 4 members (excludes halogenated alkanes) is 1. The van der Waals surface area contributed by atoms with Crippen LogP contribution in [0.5, 0.6) is 0 Å². The van der Waals surface area contributed by atoms with Gasteiger partial charge in [-0.3, -0.25) is 28.8 Å². The minimum Gasteiger partial charge on any atom is -0.390 e. The molecule has 0 saturated carbocycles. The number of para-hydroxylation sites is 1. The van der Waals surface area contributed by atoms with Gasteiger partial charge in [0.15, 0.2) is 0 Å². The zero-order valence-electron chi connectivity index (χ0n) is 41.5. The molecule has 0 radical (unpaired) electrons. The van der Waals surface area contributed by atoms with Gasteiger partial charge in [-0.2, -0.15) is 0 Å². The Morgan fingerprint density at radius 1 is 0.581 bits per heavy atom. The number of hydrogen-bond donors (Lipinski definition) is 7. The smallest absolute Gasteiger partial charge is 0.252 e. The third kappa shape index (κ3) is 12.9. The molecular weight excluding hydrogens is 933 g/mol. The lowest BCUT2D eigenvalue weighted by molar-refractivity contribution is -0.152. The molecule has 74 heavy (non-hydrogen) atoms. The molecular formula is C59H64N8O7. The molecule has 1 saturated heterocycles. The largest absolute Gasteiger partial charge is 0.390 e. The van der Waals surface area contributed by atoms with Gasteiger partial charge in [0.25, 0.3) is 5.91 Å². The maximum absolute atomic E-state index is 16.0. The molecule has 6 amide bonds. The molecule has 8 rings (SSSR count). The van der Waals surface area contributed by atoms with Gasteiger partial charge >= 0.3 is 0 Å². The quantitative estimate of drug-likeness (QED) is 0.0673. The summed E-state index contributed by atoms with van der Waals surface area (Å²) >= 11 is 0. The van der Waals surface area contributed by atoms with Crippen LogP contribution < -0.4 is 27.0 Å². The third-order valence-corrected chi connectivity index (χ3v) is 13.8. The molecule has 7 aromatic rings. The highest BCUT2D eigenvalue weighted by atomic mass is 16.3. The van der Waals surface area contributed by atoms with Crippen LogP contribution in [-0.4, -0.2) is 105 Å². The summed E-state index contributed by atoms with van der Waals surface area (Å²) < 4.78 is 0. The van der Waals surface area contributed by atoms with E-state index >= 15 is 19.2 Å². The summed E-state index contributed by atoms with van der Waals surface area (Å²) in [6, 6.07) is 44.1. The van der Waals surface area contributed by atoms with Crippen LogP contribution in [0, 0.1) is 0 Å². The van der Waals surface area contributed by atoms with Crippen molar-refractivity contribution in [2.45, 2.75) is 88.3 Å². The molecule has 1 aliphatic heterocycles. The average Bonchev–Trinajstić information content (AvgIpc) is 3.82. The van der Waals surface area contributed by atoms with E-state index in [0.717, 1.165) is 27.2 Å². The Kier molecular flexibility index (Phi) is 17.3. The predicted molar refractivity (Wildman–Crippen MR) is 285 cm³/mol. The molecule has 6 aromatic carbocycles. The van der Waals surface area contributed by atoms with Crippen molar-refractivity contribution in [2.24, 2.45) is 5.73 Å². The normalized spacial score (nSPS) is 20.1. The van der Waals surface area contributed by atoms with Gasteiger partial charge in [0.2, 0.25) is 29.5 Å². The highest BCUT2D eigenvalue weighted by molar-refractivity contribution is 5.99. The third-order valence-electron chi connectivity index (χ3n) is 13.8. The van der Waals surface area contributed by atoms with E-state index in [1.165, 1.54) is 16.7 Å². The number of nitrogens with two attached hydrogens (primary N) is 1. The lowest BCUT2D eigenvalue weighted by Gasteiger charge is -2.41. The van der Waals surface area contributed by atoms with Gasteiger partial charge in [-0.1, -0.05) is 152 Å². The van der Waals surface area contributed by atoms with Crippen LogP contribution in [0.2, 0.25) is 0 Å². The zero-order valence-corrected chi connectivity index (χ0v) is 41.5. The molecule has 1 aromatic heterocycles. The lowest BCUT2D eigenvalue weighted by atomic mass is 9.83. The van der Waals surface area contributed by atoms with E-state index < -0.39 is 78.3 Å². The number of fused-ring (bicyclic) bond motifs is 2. The summed E-state index contributed by atoms with van der Waals surface area (Å²) in [5.74, 6) is -4.18. The second-order valence-electron chi connectivity index (χ2n) is 19.1. The molecule has 2 heterocycles. The summed E-state index contributed by atoms with van der Waals surface area (Å²) in [5.41, 5.74) is 8.04. The molecule has 0 bridgehead atoms. The molecule has 8 N–H and O–H groups in total. The van der Waals surface area contributed by atoms with Gasteiger partial charge in [-0.05, 0) is 77.4 Å².